The van der Waals surface area contributed by atoms with E-state index in [4.69, 9.17) is 0 Å². The summed E-state index contributed by atoms with van der Waals surface area (Å²) in [5.74, 6) is -1.26. The predicted molar refractivity (Wildman–Crippen MR) is 95.1 cm³/mol. The number of nitrogens with one attached hydrogen (secondary N) is 2. The number of aryl methyl sites for hydroxylation is 1. The van der Waals surface area contributed by atoms with Crippen LogP contribution in [0.1, 0.15) is 11.1 Å². The number of halogens is 4. The molecule has 0 heterocycles. The maximum atomic E-state index is 12.5. The second kappa shape index (κ2) is 10.1. The molecular weight excluding hydrogens is 382 g/mol. The maximum absolute atomic E-state index is 12.5. The molecule has 0 aromatic heterocycles. The topological polar surface area (TPSA) is 72.0 Å². The highest BCUT2D eigenvalue weighted by Gasteiger charge is 2.12. The molecule has 0 fully saturated rings. The Labute approximate surface area is 158 Å². The Balaban J connectivity index is 1.95. The quantitative estimate of drug-likeness (QED) is 0.383. The van der Waals surface area contributed by atoms with Gasteiger partial charge in [-0.25, -0.2) is 5.43 Å². The van der Waals surface area contributed by atoms with Crippen molar-refractivity contribution in [2.45, 2.75) is 20.1 Å². The average molecular weight is 399 g/mol. The minimum absolute atomic E-state index is 0.0358. The molecule has 150 valence electrons. The average Bonchev–Trinajstić information content (AvgIpc) is 2.62. The number of hydrazone groups is 1. The van der Waals surface area contributed by atoms with Gasteiger partial charge in [0.05, 0.1) is 12.8 Å². The highest BCUT2D eigenvalue weighted by molar-refractivity contribution is 5.86. The van der Waals surface area contributed by atoms with Crippen LogP contribution in [0.5, 0.6) is 11.5 Å². The molecule has 10 heteroatoms. The van der Waals surface area contributed by atoms with Crippen molar-refractivity contribution in [3.05, 3.63) is 53.6 Å². The fraction of sp³-hybridized carbons (Fsp3) is 0.222. The first-order chi connectivity index (χ1) is 13.3. The van der Waals surface area contributed by atoms with Crippen LogP contribution in [0.25, 0.3) is 0 Å². The van der Waals surface area contributed by atoms with Crippen LogP contribution >= 0.6 is 0 Å². The summed E-state index contributed by atoms with van der Waals surface area (Å²) in [6.45, 7) is -4.42. The summed E-state index contributed by atoms with van der Waals surface area (Å²) in [4.78, 5) is 11.8. The van der Waals surface area contributed by atoms with Gasteiger partial charge in [-0.15, -0.1) is 0 Å². The number of nitrogens with zero attached hydrogens (tertiary/aromatic N) is 1. The molecule has 2 aromatic carbocycles. The van der Waals surface area contributed by atoms with Crippen molar-refractivity contribution in [1.82, 2.24) is 5.43 Å². The van der Waals surface area contributed by atoms with E-state index in [0.717, 1.165) is 29.6 Å². The standard InChI is InChI=1S/C18H17F4N3O3/c1-11-2-5-13(6-3-11)23-10-16(26)25-24-9-12-4-7-14(27-17(19)20)8-15(12)28-18(21)22/h2-9,17-18,23H,10H2,1H3,(H,25,26)/b24-9-. The highest BCUT2D eigenvalue weighted by atomic mass is 19.3. The Morgan fingerprint density at radius 2 is 1.75 bits per heavy atom. The molecule has 0 saturated carbocycles. The van der Waals surface area contributed by atoms with E-state index in [1.807, 2.05) is 31.2 Å². The Morgan fingerprint density at radius 3 is 2.39 bits per heavy atom. The van der Waals surface area contributed by atoms with E-state index < -0.39 is 24.9 Å². The van der Waals surface area contributed by atoms with Crippen LogP contribution in [0.2, 0.25) is 0 Å². The van der Waals surface area contributed by atoms with Gasteiger partial charge < -0.3 is 14.8 Å². The van der Waals surface area contributed by atoms with Crippen molar-refractivity contribution < 1.29 is 31.8 Å². The van der Waals surface area contributed by atoms with Gasteiger partial charge in [-0.1, -0.05) is 17.7 Å². The summed E-state index contributed by atoms with van der Waals surface area (Å²) in [6, 6.07) is 10.6. The third-order valence-corrected chi connectivity index (χ3v) is 3.32. The lowest BCUT2D eigenvalue weighted by Gasteiger charge is -2.11. The van der Waals surface area contributed by atoms with Gasteiger partial charge in [-0.3, -0.25) is 4.79 Å². The Kier molecular flexibility index (Phi) is 7.61. The number of hydrogen-bond acceptors (Lipinski definition) is 5. The molecule has 1 amide bonds. The second-order valence-electron chi connectivity index (χ2n) is 5.47. The molecular formula is C18H17F4N3O3. The fourth-order valence-electron chi connectivity index (χ4n) is 2.06. The fourth-order valence-corrected chi connectivity index (χ4v) is 2.06. The van der Waals surface area contributed by atoms with E-state index in [2.05, 4.69) is 25.3 Å². The monoisotopic (exact) mass is 399 g/mol. The van der Waals surface area contributed by atoms with Gasteiger partial charge in [0.1, 0.15) is 11.5 Å². The largest absolute Gasteiger partial charge is 0.435 e. The molecule has 0 unspecified atom stereocenters. The van der Waals surface area contributed by atoms with Crippen molar-refractivity contribution in [2.24, 2.45) is 5.10 Å². The molecule has 6 nitrogen and oxygen atoms in total. The third-order valence-electron chi connectivity index (χ3n) is 3.32. The first-order valence-corrected chi connectivity index (χ1v) is 7.99. The number of alkyl halides is 4. The molecule has 28 heavy (non-hydrogen) atoms. The zero-order valence-electron chi connectivity index (χ0n) is 14.7. The predicted octanol–water partition coefficient (Wildman–Crippen LogP) is 3.76. The summed E-state index contributed by atoms with van der Waals surface area (Å²) in [5.41, 5.74) is 4.07. The van der Waals surface area contributed by atoms with Crippen LogP contribution < -0.4 is 20.2 Å². The molecule has 0 aliphatic heterocycles. The minimum Gasteiger partial charge on any atom is -0.435 e. The Hall–Kier alpha value is -3.30. The number of carbonyl (C=O) groups excluding carboxylic acids is 1. The summed E-state index contributed by atoms with van der Waals surface area (Å²) < 4.78 is 57.9. The SMILES string of the molecule is Cc1ccc(NCC(=O)N/N=C\c2ccc(OC(F)F)cc2OC(F)F)cc1. The number of ether oxygens (including phenoxy) is 2. The molecule has 2 rings (SSSR count). The number of anilines is 1. The minimum atomic E-state index is -3.18. The van der Waals surface area contributed by atoms with Gasteiger partial charge in [0.25, 0.3) is 5.91 Å². The summed E-state index contributed by atoms with van der Waals surface area (Å²) in [7, 11) is 0. The van der Waals surface area contributed by atoms with E-state index in [9.17, 15) is 22.4 Å². The smallest absolute Gasteiger partial charge is 0.387 e. The van der Waals surface area contributed by atoms with Gasteiger partial charge in [0, 0.05) is 17.3 Å². The van der Waals surface area contributed by atoms with Crippen molar-refractivity contribution in [3.63, 3.8) is 0 Å². The lowest BCUT2D eigenvalue weighted by atomic mass is 10.2. The van der Waals surface area contributed by atoms with Gasteiger partial charge in [-0.2, -0.15) is 22.7 Å². The van der Waals surface area contributed by atoms with Crippen LogP contribution in [-0.4, -0.2) is 31.9 Å². The van der Waals surface area contributed by atoms with Crippen LogP contribution in [0.4, 0.5) is 23.2 Å². The Morgan fingerprint density at radius 1 is 1.07 bits per heavy atom. The molecule has 0 radical (unpaired) electrons. The first kappa shape index (κ1) is 21.0. The van der Waals surface area contributed by atoms with Crippen LogP contribution in [-0.2, 0) is 4.79 Å². The maximum Gasteiger partial charge on any atom is 0.387 e. The molecule has 2 N–H and O–H groups in total. The van der Waals surface area contributed by atoms with Crippen molar-refractivity contribution in [3.8, 4) is 11.5 Å². The molecule has 0 atom stereocenters. The number of amides is 1. The zero-order valence-corrected chi connectivity index (χ0v) is 14.7. The van der Waals surface area contributed by atoms with Crippen LogP contribution in [0.3, 0.4) is 0 Å². The van der Waals surface area contributed by atoms with Crippen LogP contribution in [0, 0.1) is 6.92 Å². The third kappa shape index (κ3) is 7.14. The highest BCUT2D eigenvalue weighted by Crippen LogP contribution is 2.26. The van der Waals surface area contributed by atoms with E-state index in [-0.39, 0.29) is 17.9 Å². The molecule has 0 saturated heterocycles. The van der Waals surface area contributed by atoms with E-state index >= 15 is 0 Å². The molecule has 2 aromatic rings. The molecule has 0 aliphatic carbocycles. The normalized spacial score (nSPS) is 11.1. The lowest BCUT2D eigenvalue weighted by Crippen LogP contribution is -2.25. The second-order valence-corrected chi connectivity index (χ2v) is 5.47. The van der Waals surface area contributed by atoms with E-state index in [1.165, 1.54) is 6.07 Å². The molecule has 0 bridgehead atoms. The number of hydrogen-bond donors (Lipinski definition) is 2. The zero-order chi connectivity index (χ0) is 20.5. The van der Waals surface area contributed by atoms with Gasteiger partial charge in [0.2, 0.25) is 0 Å². The van der Waals surface area contributed by atoms with Crippen molar-refractivity contribution >= 4 is 17.8 Å². The van der Waals surface area contributed by atoms with Crippen molar-refractivity contribution in [1.29, 1.82) is 0 Å². The van der Waals surface area contributed by atoms with Crippen molar-refractivity contribution in [2.75, 3.05) is 11.9 Å². The van der Waals surface area contributed by atoms with E-state index in [0.29, 0.717) is 0 Å². The molecule has 0 aliphatic rings. The van der Waals surface area contributed by atoms with E-state index in [1.54, 1.807) is 0 Å². The number of rotatable bonds is 9. The summed E-state index contributed by atoms with van der Waals surface area (Å²) in [6.07, 6.45) is 1.05. The first-order valence-electron chi connectivity index (χ1n) is 7.99. The Bertz CT molecular complexity index is 814. The number of benzene rings is 2. The molecule has 0 spiro atoms. The van der Waals surface area contributed by atoms with Gasteiger partial charge >= 0.3 is 13.2 Å². The van der Waals surface area contributed by atoms with Gasteiger partial charge in [-0.05, 0) is 31.2 Å². The van der Waals surface area contributed by atoms with Gasteiger partial charge in [0.15, 0.2) is 0 Å². The van der Waals surface area contributed by atoms with Crippen LogP contribution in [0.15, 0.2) is 47.6 Å². The number of carbonyl (C=O) groups is 1. The summed E-state index contributed by atoms with van der Waals surface area (Å²) in [5, 5.41) is 6.53. The lowest BCUT2D eigenvalue weighted by molar-refractivity contribution is -0.119. The summed E-state index contributed by atoms with van der Waals surface area (Å²) >= 11 is 0.